The second-order valence-electron chi connectivity index (χ2n) is 4.81. The van der Waals surface area contributed by atoms with Crippen LogP contribution in [0.5, 0.6) is 0 Å². The van der Waals surface area contributed by atoms with Gasteiger partial charge in [-0.3, -0.25) is 4.79 Å². The summed E-state index contributed by atoms with van der Waals surface area (Å²) in [7, 11) is 0. The predicted octanol–water partition coefficient (Wildman–Crippen LogP) is 3.31. The van der Waals surface area contributed by atoms with Crippen LogP contribution in [-0.4, -0.2) is 24.5 Å². The van der Waals surface area contributed by atoms with E-state index in [0.717, 1.165) is 0 Å². The van der Waals surface area contributed by atoms with E-state index in [9.17, 15) is 9.59 Å². The largest absolute Gasteiger partial charge is 0.452 e. The fraction of sp³-hybridized carbons (Fsp3) is 0.429. The molecular weight excluding hydrogens is 301 g/mol. The van der Waals surface area contributed by atoms with E-state index in [-0.39, 0.29) is 29.1 Å². The summed E-state index contributed by atoms with van der Waals surface area (Å²) in [4.78, 5) is 23.3. The van der Waals surface area contributed by atoms with E-state index in [0.29, 0.717) is 10.9 Å². The molecule has 0 spiro atoms. The Morgan fingerprint density at radius 2 is 1.85 bits per heavy atom. The maximum atomic E-state index is 11.7. The van der Waals surface area contributed by atoms with Crippen LogP contribution < -0.4 is 5.32 Å². The molecule has 1 N–H and O–H groups in total. The van der Waals surface area contributed by atoms with Crippen LogP contribution in [0.1, 0.15) is 31.1 Å². The van der Waals surface area contributed by atoms with E-state index in [1.165, 1.54) is 18.2 Å². The van der Waals surface area contributed by atoms with Crippen molar-refractivity contribution in [3.05, 3.63) is 33.8 Å². The van der Waals surface area contributed by atoms with Gasteiger partial charge >= 0.3 is 5.97 Å². The number of halogens is 2. The lowest BCUT2D eigenvalue weighted by Crippen LogP contribution is -2.38. The summed E-state index contributed by atoms with van der Waals surface area (Å²) in [5.74, 6) is -0.639. The van der Waals surface area contributed by atoms with Crippen LogP contribution in [0.25, 0.3) is 0 Å². The van der Waals surface area contributed by atoms with E-state index in [1.54, 1.807) is 0 Å². The number of benzene rings is 1. The van der Waals surface area contributed by atoms with Gasteiger partial charge in [-0.25, -0.2) is 4.79 Å². The van der Waals surface area contributed by atoms with E-state index in [1.807, 2.05) is 20.8 Å². The van der Waals surface area contributed by atoms with Crippen molar-refractivity contribution in [3.8, 4) is 0 Å². The fourth-order valence-corrected chi connectivity index (χ4v) is 1.60. The highest BCUT2D eigenvalue weighted by Crippen LogP contribution is 2.22. The highest BCUT2D eigenvalue weighted by molar-refractivity contribution is 6.42. The van der Waals surface area contributed by atoms with Gasteiger partial charge < -0.3 is 10.1 Å². The maximum absolute atomic E-state index is 11.7. The highest BCUT2D eigenvalue weighted by atomic mass is 35.5. The Morgan fingerprint density at radius 1 is 1.20 bits per heavy atom. The first kappa shape index (κ1) is 16.8. The van der Waals surface area contributed by atoms with Gasteiger partial charge in [-0.2, -0.15) is 0 Å². The molecule has 0 fully saturated rings. The monoisotopic (exact) mass is 317 g/mol. The first-order valence-corrected chi connectivity index (χ1v) is 6.98. The first-order chi connectivity index (χ1) is 9.31. The Labute approximate surface area is 128 Å². The molecule has 4 nitrogen and oxygen atoms in total. The van der Waals surface area contributed by atoms with Crippen LogP contribution in [0.4, 0.5) is 0 Å². The lowest BCUT2D eigenvalue weighted by atomic mass is 10.1. The summed E-state index contributed by atoms with van der Waals surface area (Å²) >= 11 is 11.6. The van der Waals surface area contributed by atoms with Gasteiger partial charge in [-0.1, -0.05) is 37.0 Å². The molecule has 0 aliphatic carbocycles. The van der Waals surface area contributed by atoms with Gasteiger partial charge in [0.2, 0.25) is 0 Å². The van der Waals surface area contributed by atoms with Gasteiger partial charge in [-0.15, -0.1) is 0 Å². The van der Waals surface area contributed by atoms with Crippen molar-refractivity contribution in [1.82, 2.24) is 5.32 Å². The Hall–Kier alpha value is -1.26. The molecule has 1 aromatic carbocycles. The van der Waals surface area contributed by atoms with Crippen LogP contribution in [0, 0.1) is 5.92 Å². The van der Waals surface area contributed by atoms with E-state index in [4.69, 9.17) is 27.9 Å². The normalized spacial score (nSPS) is 12.1. The smallest absolute Gasteiger partial charge is 0.338 e. The summed E-state index contributed by atoms with van der Waals surface area (Å²) < 4.78 is 4.91. The average Bonchev–Trinajstić information content (AvgIpc) is 2.39. The molecule has 0 aliphatic heterocycles. The van der Waals surface area contributed by atoms with Gasteiger partial charge in [0.15, 0.2) is 6.61 Å². The third kappa shape index (κ3) is 5.02. The number of amides is 1. The van der Waals surface area contributed by atoms with Crippen LogP contribution in [-0.2, 0) is 9.53 Å². The Balaban J connectivity index is 2.51. The van der Waals surface area contributed by atoms with E-state index < -0.39 is 5.97 Å². The van der Waals surface area contributed by atoms with Gasteiger partial charge in [0.25, 0.3) is 5.91 Å². The topological polar surface area (TPSA) is 55.4 Å². The summed E-state index contributed by atoms with van der Waals surface area (Å²) in [5, 5.41) is 3.36. The summed E-state index contributed by atoms with van der Waals surface area (Å²) in [6.07, 6.45) is 0. The summed E-state index contributed by atoms with van der Waals surface area (Å²) in [6.45, 7) is 5.55. The van der Waals surface area contributed by atoms with Gasteiger partial charge in [0.05, 0.1) is 15.6 Å². The van der Waals surface area contributed by atoms with Crippen molar-refractivity contribution in [2.24, 2.45) is 5.92 Å². The fourth-order valence-electron chi connectivity index (χ4n) is 1.30. The molecule has 0 heterocycles. The van der Waals surface area contributed by atoms with Crippen LogP contribution >= 0.6 is 23.2 Å². The first-order valence-electron chi connectivity index (χ1n) is 6.22. The molecular formula is C14H17Cl2NO3. The van der Waals surface area contributed by atoms with Gasteiger partial charge in [-0.05, 0) is 31.0 Å². The zero-order valence-corrected chi connectivity index (χ0v) is 13.1. The minimum Gasteiger partial charge on any atom is -0.452 e. The molecule has 0 saturated heterocycles. The lowest BCUT2D eigenvalue weighted by Gasteiger charge is -2.17. The molecule has 110 valence electrons. The number of esters is 1. The van der Waals surface area contributed by atoms with E-state index >= 15 is 0 Å². The minimum absolute atomic E-state index is 0.0196. The molecule has 0 aromatic heterocycles. The molecule has 1 rings (SSSR count). The lowest BCUT2D eigenvalue weighted by molar-refractivity contribution is -0.125. The number of nitrogens with one attached hydrogen (secondary N) is 1. The number of ether oxygens (including phenoxy) is 1. The Kier molecular flexibility index (Phi) is 6.30. The average molecular weight is 318 g/mol. The number of carbonyl (C=O) groups is 2. The predicted molar refractivity (Wildman–Crippen MR) is 79.2 cm³/mol. The van der Waals surface area contributed by atoms with Crippen molar-refractivity contribution in [2.45, 2.75) is 26.8 Å². The molecule has 6 heteroatoms. The highest BCUT2D eigenvalue weighted by Gasteiger charge is 2.14. The van der Waals surface area contributed by atoms with Gasteiger partial charge in [0, 0.05) is 6.04 Å². The van der Waals surface area contributed by atoms with Crippen molar-refractivity contribution in [2.75, 3.05) is 6.61 Å². The molecule has 0 bridgehead atoms. The standard InChI is InChI=1S/C14H17Cl2NO3/c1-8(2)9(3)17-13(18)7-20-14(19)10-4-5-11(15)12(16)6-10/h4-6,8-9H,7H2,1-3H3,(H,17,18)/t9-/m1/s1. The second-order valence-corrected chi connectivity index (χ2v) is 5.62. The molecule has 0 radical (unpaired) electrons. The molecule has 0 saturated carbocycles. The van der Waals surface area contributed by atoms with Crippen molar-refractivity contribution >= 4 is 35.1 Å². The quantitative estimate of drug-likeness (QED) is 0.848. The third-order valence-corrected chi connectivity index (χ3v) is 3.62. The third-order valence-electron chi connectivity index (χ3n) is 2.88. The van der Waals surface area contributed by atoms with Crippen molar-refractivity contribution < 1.29 is 14.3 Å². The second kappa shape index (κ2) is 7.50. The SMILES string of the molecule is CC(C)[C@@H](C)NC(=O)COC(=O)c1ccc(Cl)c(Cl)c1. The zero-order chi connectivity index (χ0) is 15.3. The van der Waals surface area contributed by atoms with E-state index in [2.05, 4.69) is 5.32 Å². The molecule has 0 unspecified atom stereocenters. The Bertz CT molecular complexity index is 503. The Morgan fingerprint density at radius 3 is 2.40 bits per heavy atom. The maximum Gasteiger partial charge on any atom is 0.338 e. The summed E-state index contributed by atoms with van der Waals surface area (Å²) in [6, 6.07) is 4.42. The number of carbonyl (C=O) groups excluding carboxylic acids is 2. The molecule has 20 heavy (non-hydrogen) atoms. The molecule has 1 atom stereocenters. The molecule has 1 amide bonds. The zero-order valence-electron chi connectivity index (χ0n) is 11.6. The molecule has 1 aromatic rings. The van der Waals surface area contributed by atoms with Crippen LogP contribution in [0.3, 0.4) is 0 Å². The molecule has 0 aliphatic rings. The van der Waals surface area contributed by atoms with Gasteiger partial charge in [0.1, 0.15) is 0 Å². The van der Waals surface area contributed by atoms with Crippen LogP contribution in [0.2, 0.25) is 10.0 Å². The van der Waals surface area contributed by atoms with Crippen molar-refractivity contribution in [1.29, 1.82) is 0 Å². The van der Waals surface area contributed by atoms with Crippen LogP contribution in [0.15, 0.2) is 18.2 Å². The minimum atomic E-state index is -0.615. The number of rotatable bonds is 5. The summed E-state index contributed by atoms with van der Waals surface area (Å²) in [5.41, 5.74) is 0.254. The number of hydrogen-bond acceptors (Lipinski definition) is 3. The number of hydrogen-bond donors (Lipinski definition) is 1. The van der Waals surface area contributed by atoms with Crippen molar-refractivity contribution in [3.63, 3.8) is 0 Å².